The van der Waals surface area contributed by atoms with Crippen LogP contribution in [0.5, 0.6) is 0 Å². The maximum Gasteiger partial charge on any atom is 0.124 e. The lowest BCUT2D eigenvalue weighted by Gasteiger charge is -1.98. The van der Waals surface area contributed by atoms with Crippen molar-refractivity contribution in [2.24, 2.45) is 0 Å². The second-order valence-corrected chi connectivity index (χ2v) is 2.38. The molecule has 0 aromatic carbocycles. The molecular formula is C7H11NO2. The molecule has 0 spiro atoms. The number of aliphatic hydroxyl groups excluding tert-OH is 1. The van der Waals surface area contributed by atoms with E-state index in [9.17, 15) is 0 Å². The summed E-state index contributed by atoms with van der Waals surface area (Å²) in [6.07, 6.45) is 2.81. The van der Waals surface area contributed by atoms with Crippen molar-refractivity contribution in [3.8, 4) is 0 Å². The summed E-state index contributed by atoms with van der Waals surface area (Å²) in [4.78, 5) is 0. The molecular weight excluding hydrogens is 130 g/mol. The maximum absolute atomic E-state index is 8.89. The average molecular weight is 141 g/mol. The first-order chi connectivity index (χ1) is 4.79. The molecule has 1 atom stereocenters. The van der Waals surface area contributed by atoms with Crippen molar-refractivity contribution < 1.29 is 9.63 Å². The van der Waals surface area contributed by atoms with Crippen LogP contribution < -0.4 is 0 Å². The monoisotopic (exact) mass is 141 g/mol. The molecule has 3 nitrogen and oxygen atoms in total. The average Bonchev–Trinajstić information content (AvgIpc) is 2.34. The summed E-state index contributed by atoms with van der Waals surface area (Å²) >= 11 is 0. The van der Waals surface area contributed by atoms with Gasteiger partial charge in [0.1, 0.15) is 6.26 Å². The zero-order valence-electron chi connectivity index (χ0n) is 5.95. The van der Waals surface area contributed by atoms with Gasteiger partial charge >= 0.3 is 0 Å². The van der Waals surface area contributed by atoms with E-state index in [0.717, 1.165) is 18.5 Å². The van der Waals surface area contributed by atoms with Crippen LogP contribution in [0, 0.1) is 0 Å². The fourth-order valence-electron chi connectivity index (χ4n) is 0.723. The molecule has 1 aromatic rings. The minimum absolute atomic E-state index is 0.253. The lowest BCUT2D eigenvalue weighted by Crippen LogP contribution is -2.01. The van der Waals surface area contributed by atoms with E-state index in [4.69, 9.17) is 5.11 Å². The van der Waals surface area contributed by atoms with E-state index in [1.807, 2.05) is 6.07 Å². The van der Waals surface area contributed by atoms with Gasteiger partial charge in [0.25, 0.3) is 0 Å². The van der Waals surface area contributed by atoms with Gasteiger partial charge in [-0.3, -0.25) is 0 Å². The third kappa shape index (κ3) is 2.19. The van der Waals surface area contributed by atoms with Gasteiger partial charge in [0.15, 0.2) is 0 Å². The molecule has 10 heavy (non-hydrogen) atoms. The molecule has 3 heteroatoms. The molecule has 0 fully saturated rings. The van der Waals surface area contributed by atoms with Crippen LogP contribution in [0.3, 0.4) is 0 Å². The predicted octanol–water partition coefficient (Wildman–Crippen LogP) is 0.988. The SMILES string of the molecule is CC(O)CCc1ccon1. The summed E-state index contributed by atoms with van der Waals surface area (Å²) < 4.78 is 4.62. The number of rotatable bonds is 3. The molecule has 1 aromatic heterocycles. The van der Waals surface area contributed by atoms with E-state index in [0.29, 0.717) is 0 Å². The Hall–Kier alpha value is -0.830. The Kier molecular flexibility index (Phi) is 2.45. The molecule has 0 radical (unpaired) electrons. The number of aryl methyl sites for hydroxylation is 1. The summed E-state index contributed by atoms with van der Waals surface area (Å²) in [5.74, 6) is 0. The van der Waals surface area contributed by atoms with Crippen LogP contribution in [0.1, 0.15) is 19.0 Å². The molecule has 1 N–H and O–H groups in total. The molecule has 0 saturated carbocycles. The van der Waals surface area contributed by atoms with Crippen molar-refractivity contribution in [2.45, 2.75) is 25.9 Å². The highest BCUT2D eigenvalue weighted by molar-refractivity contribution is 4.95. The Morgan fingerprint density at radius 3 is 3.10 bits per heavy atom. The summed E-state index contributed by atoms with van der Waals surface area (Å²) in [7, 11) is 0. The van der Waals surface area contributed by atoms with Crippen LogP contribution >= 0.6 is 0 Å². The van der Waals surface area contributed by atoms with Gasteiger partial charge < -0.3 is 9.63 Å². The van der Waals surface area contributed by atoms with Gasteiger partial charge in [-0.25, -0.2) is 0 Å². The van der Waals surface area contributed by atoms with Crippen molar-refractivity contribution in [3.05, 3.63) is 18.0 Å². The lowest BCUT2D eigenvalue weighted by atomic mass is 10.2. The third-order valence-corrected chi connectivity index (χ3v) is 1.31. The number of nitrogens with zero attached hydrogens (tertiary/aromatic N) is 1. The van der Waals surface area contributed by atoms with Crippen molar-refractivity contribution in [3.63, 3.8) is 0 Å². The van der Waals surface area contributed by atoms with Crippen LogP contribution in [0.2, 0.25) is 0 Å². The maximum atomic E-state index is 8.89. The van der Waals surface area contributed by atoms with Crippen molar-refractivity contribution in [2.75, 3.05) is 0 Å². The van der Waals surface area contributed by atoms with E-state index in [-0.39, 0.29) is 6.10 Å². The van der Waals surface area contributed by atoms with E-state index < -0.39 is 0 Å². The molecule has 0 amide bonds. The molecule has 1 rings (SSSR count). The summed E-state index contributed by atoms with van der Waals surface area (Å²) in [5, 5.41) is 12.6. The minimum atomic E-state index is -0.253. The highest BCUT2D eigenvalue weighted by Crippen LogP contribution is 2.01. The number of aromatic nitrogens is 1. The Bertz CT molecular complexity index is 170. The van der Waals surface area contributed by atoms with Crippen LogP contribution in [-0.4, -0.2) is 16.4 Å². The summed E-state index contributed by atoms with van der Waals surface area (Å²) in [6, 6.07) is 1.81. The highest BCUT2D eigenvalue weighted by Gasteiger charge is 1.99. The minimum Gasteiger partial charge on any atom is -0.393 e. The molecule has 1 heterocycles. The van der Waals surface area contributed by atoms with Crippen LogP contribution in [0.4, 0.5) is 0 Å². The first-order valence-corrected chi connectivity index (χ1v) is 3.36. The van der Waals surface area contributed by atoms with Crippen LogP contribution in [-0.2, 0) is 6.42 Å². The predicted molar refractivity (Wildman–Crippen MR) is 36.5 cm³/mol. The van der Waals surface area contributed by atoms with E-state index in [2.05, 4.69) is 9.68 Å². The van der Waals surface area contributed by atoms with Gasteiger partial charge in [0.05, 0.1) is 11.8 Å². The zero-order chi connectivity index (χ0) is 7.40. The Balaban J connectivity index is 2.28. The third-order valence-electron chi connectivity index (χ3n) is 1.31. The van der Waals surface area contributed by atoms with Crippen molar-refractivity contribution in [1.29, 1.82) is 0 Å². The number of hydrogen-bond donors (Lipinski definition) is 1. The summed E-state index contributed by atoms with van der Waals surface area (Å²) in [6.45, 7) is 1.76. The van der Waals surface area contributed by atoms with Crippen LogP contribution in [0.15, 0.2) is 16.9 Å². The Morgan fingerprint density at radius 1 is 1.80 bits per heavy atom. The zero-order valence-corrected chi connectivity index (χ0v) is 5.95. The van der Waals surface area contributed by atoms with Gasteiger partial charge in [0, 0.05) is 6.07 Å². The second-order valence-electron chi connectivity index (χ2n) is 2.38. The number of hydrogen-bond acceptors (Lipinski definition) is 3. The van der Waals surface area contributed by atoms with Gasteiger partial charge in [-0.05, 0) is 19.8 Å². The lowest BCUT2D eigenvalue weighted by molar-refractivity contribution is 0.184. The molecule has 1 unspecified atom stereocenters. The van der Waals surface area contributed by atoms with Gasteiger partial charge in [-0.15, -0.1) is 0 Å². The molecule has 0 bridgehead atoms. The fourth-order valence-corrected chi connectivity index (χ4v) is 0.723. The van der Waals surface area contributed by atoms with Gasteiger partial charge in [-0.2, -0.15) is 0 Å². The number of aliphatic hydroxyl groups is 1. The van der Waals surface area contributed by atoms with Gasteiger partial charge in [-0.1, -0.05) is 5.16 Å². The largest absolute Gasteiger partial charge is 0.393 e. The standard InChI is InChI=1S/C7H11NO2/c1-6(9)2-3-7-4-5-10-8-7/h4-6,9H,2-3H2,1H3. The normalized spacial score (nSPS) is 13.4. The van der Waals surface area contributed by atoms with Crippen molar-refractivity contribution in [1.82, 2.24) is 5.16 Å². The highest BCUT2D eigenvalue weighted by atomic mass is 16.5. The quantitative estimate of drug-likeness (QED) is 0.682. The Labute approximate surface area is 59.7 Å². The topological polar surface area (TPSA) is 46.3 Å². The van der Waals surface area contributed by atoms with Crippen molar-refractivity contribution >= 4 is 0 Å². The Morgan fingerprint density at radius 2 is 2.60 bits per heavy atom. The molecule has 0 aliphatic heterocycles. The fraction of sp³-hybridized carbons (Fsp3) is 0.571. The molecule has 56 valence electrons. The van der Waals surface area contributed by atoms with Crippen LogP contribution in [0.25, 0.3) is 0 Å². The summed E-state index contributed by atoms with van der Waals surface area (Å²) in [5.41, 5.74) is 0.904. The molecule has 0 aliphatic rings. The van der Waals surface area contributed by atoms with E-state index in [1.165, 1.54) is 6.26 Å². The second kappa shape index (κ2) is 3.37. The van der Waals surface area contributed by atoms with E-state index >= 15 is 0 Å². The molecule has 0 saturated heterocycles. The first kappa shape index (κ1) is 7.28. The molecule has 0 aliphatic carbocycles. The smallest absolute Gasteiger partial charge is 0.124 e. The van der Waals surface area contributed by atoms with E-state index in [1.54, 1.807) is 6.92 Å². The first-order valence-electron chi connectivity index (χ1n) is 3.36. The van der Waals surface area contributed by atoms with Gasteiger partial charge in [0.2, 0.25) is 0 Å².